The summed E-state index contributed by atoms with van der Waals surface area (Å²) in [6.07, 6.45) is 1.42. The summed E-state index contributed by atoms with van der Waals surface area (Å²) in [6, 6.07) is 6.33. The number of hydrogen-bond donors (Lipinski definition) is 4. The third kappa shape index (κ3) is 2.31. The fourth-order valence-corrected chi connectivity index (χ4v) is 2.21. The van der Waals surface area contributed by atoms with E-state index in [1.807, 2.05) is 0 Å². The SMILES string of the molecule is O=C(C1=Cc2cc(O)c(O)cc2CO1)c1ccc(O)cc1O. The first-order chi connectivity index (χ1) is 10.5. The molecule has 0 radical (unpaired) electrons. The first-order valence-electron chi connectivity index (χ1n) is 6.41. The minimum Gasteiger partial charge on any atom is -0.508 e. The summed E-state index contributed by atoms with van der Waals surface area (Å²) in [6.45, 7) is 0.0552. The van der Waals surface area contributed by atoms with Crippen LogP contribution in [-0.4, -0.2) is 26.2 Å². The number of allylic oxidation sites excluding steroid dienone is 1. The van der Waals surface area contributed by atoms with Crippen molar-refractivity contribution in [3.8, 4) is 23.0 Å². The fraction of sp³-hybridized carbons (Fsp3) is 0.0625. The second-order valence-electron chi connectivity index (χ2n) is 4.87. The Hall–Kier alpha value is -3.15. The van der Waals surface area contributed by atoms with Crippen LogP contribution in [0.25, 0.3) is 6.08 Å². The average molecular weight is 300 g/mol. The smallest absolute Gasteiger partial charge is 0.231 e. The quantitative estimate of drug-likeness (QED) is 0.500. The molecule has 0 aromatic heterocycles. The van der Waals surface area contributed by atoms with Crippen LogP contribution in [0.3, 0.4) is 0 Å². The van der Waals surface area contributed by atoms with E-state index in [9.17, 15) is 25.2 Å². The molecule has 0 amide bonds. The summed E-state index contributed by atoms with van der Waals surface area (Å²) in [7, 11) is 0. The van der Waals surface area contributed by atoms with Gasteiger partial charge in [0.15, 0.2) is 17.3 Å². The maximum Gasteiger partial charge on any atom is 0.231 e. The minimum atomic E-state index is -0.546. The predicted octanol–water partition coefficient (Wildman–Crippen LogP) is 2.26. The van der Waals surface area contributed by atoms with Gasteiger partial charge >= 0.3 is 0 Å². The van der Waals surface area contributed by atoms with Crippen LogP contribution in [0.4, 0.5) is 0 Å². The first-order valence-corrected chi connectivity index (χ1v) is 6.41. The summed E-state index contributed by atoms with van der Waals surface area (Å²) < 4.78 is 5.35. The van der Waals surface area contributed by atoms with Crippen LogP contribution in [0, 0.1) is 0 Å². The lowest BCUT2D eigenvalue weighted by Gasteiger charge is -2.18. The van der Waals surface area contributed by atoms with E-state index in [4.69, 9.17) is 4.74 Å². The molecule has 22 heavy (non-hydrogen) atoms. The van der Waals surface area contributed by atoms with Crippen LogP contribution >= 0.6 is 0 Å². The lowest BCUT2D eigenvalue weighted by molar-refractivity contribution is 0.0902. The molecule has 4 N–H and O–H groups in total. The Morgan fingerprint density at radius 3 is 2.41 bits per heavy atom. The zero-order chi connectivity index (χ0) is 15.9. The minimum absolute atomic E-state index is 0.00132. The van der Waals surface area contributed by atoms with E-state index in [1.54, 1.807) is 0 Å². The van der Waals surface area contributed by atoms with E-state index in [0.29, 0.717) is 11.1 Å². The second kappa shape index (κ2) is 5.00. The van der Waals surface area contributed by atoms with Gasteiger partial charge in [-0.25, -0.2) is 0 Å². The summed E-state index contributed by atoms with van der Waals surface area (Å²) in [5.74, 6) is -1.61. The van der Waals surface area contributed by atoms with Gasteiger partial charge in [-0.2, -0.15) is 0 Å². The number of carbonyl (C=O) groups is 1. The van der Waals surface area contributed by atoms with E-state index in [-0.39, 0.29) is 40.9 Å². The van der Waals surface area contributed by atoms with Crippen molar-refractivity contribution in [1.29, 1.82) is 0 Å². The fourth-order valence-electron chi connectivity index (χ4n) is 2.21. The largest absolute Gasteiger partial charge is 0.508 e. The number of ketones is 1. The molecule has 0 fully saturated rings. The number of phenols is 4. The molecule has 1 aliphatic rings. The van der Waals surface area contributed by atoms with Gasteiger partial charge in [0.25, 0.3) is 0 Å². The van der Waals surface area contributed by atoms with Crippen molar-refractivity contribution in [1.82, 2.24) is 0 Å². The van der Waals surface area contributed by atoms with Gasteiger partial charge in [-0.1, -0.05) is 0 Å². The van der Waals surface area contributed by atoms with Gasteiger partial charge in [0, 0.05) is 11.6 Å². The highest BCUT2D eigenvalue weighted by Gasteiger charge is 2.22. The number of aromatic hydroxyl groups is 4. The normalized spacial score (nSPS) is 13.0. The number of ether oxygens (including phenoxy) is 1. The molecular formula is C16H12O6. The number of fused-ring (bicyclic) bond motifs is 1. The molecule has 3 rings (SSSR count). The highest BCUT2D eigenvalue weighted by atomic mass is 16.5. The van der Waals surface area contributed by atoms with Gasteiger partial charge < -0.3 is 25.2 Å². The number of carbonyl (C=O) groups excluding carboxylic acids is 1. The van der Waals surface area contributed by atoms with Crippen molar-refractivity contribution in [2.45, 2.75) is 6.61 Å². The lowest BCUT2D eigenvalue weighted by Crippen LogP contribution is -2.11. The third-order valence-corrected chi connectivity index (χ3v) is 3.36. The molecule has 2 aromatic carbocycles. The van der Waals surface area contributed by atoms with E-state index >= 15 is 0 Å². The maximum absolute atomic E-state index is 12.3. The number of benzene rings is 2. The molecule has 1 heterocycles. The molecule has 0 bridgehead atoms. The van der Waals surface area contributed by atoms with Crippen LogP contribution in [0.15, 0.2) is 36.1 Å². The monoisotopic (exact) mass is 300 g/mol. The number of phenolic OH excluding ortho intramolecular Hbond substituents is 4. The molecule has 2 aromatic rings. The summed E-state index contributed by atoms with van der Waals surface area (Å²) in [4.78, 5) is 12.3. The molecule has 0 saturated heterocycles. The van der Waals surface area contributed by atoms with Gasteiger partial charge in [0.1, 0.15) is 18.1 Å². The summed E-state index contributed by atoms with van der Waals surface area (Å²) in [5, 5.41) is 37.9. The standard InChI is InChI=1S/C16H12O6/c17-10-1-2-11(12(18)6-10)16(21)15-5-8-3-13(19)14(20)4-9(8)7-22-15/h1-6,17-20H,7H2. The lowest BCUT2D eigenvalue weighted by atomic mass is 10.0. The van der Waals surface area contributed by atoms with Crippen molar-refractivity contribution in [3.05, 3.63) is 52.8 Å². The number of Topliss-reactive ketones (excluding diaryl/α,β-unsaturated/α-hetero) is 1. The Morgan fingerprint density at radius 2 is 1.68 bits per heavy atom. The highest BCUT2D eigenvalue weighted by Crippen LogP contribution is 2.34. The number of hydrogen-bond acceptors (Lipinski definition) is 6. The van der Waals surface area contributed by atoms with Crippen molar-refractivity contribution >= 4 is 11.9 Å². The third-order valence-electron chi connectivity index (χ3n) is 3.36. The molecule has 0 saturated carbocycles. The molecule has 0 aliphatic carbocycles. The molecule has 112 valence electrons. The van der Waals surface area contributed by atoms with E-state index in [0.717, 1.165) is 6.07 Å². The van der Waals surface area contributed by atoms with Crippen molar-refractivity contribution in [2.75, 3.05) is 0 Å². The van der Waals surface area contributed by atoms with Crippen LogP contribution in [0.1, 0.15) is 21.5 Å². The number of rotatable bonds is 2. The van der Waals surface area contributed by atoms with Gasteiger partial charge in [-0.05, 0) is 35.9 Å². The summed E-state index contributed by atoms with van der Waals surface area (Å²) in [5.41, 5.74) is 1.17. The van der Waals surface area contributed by atoms with Gasteiger partial charge in [-0.15, -0.1) is 0 Å². The molecule has 0 atom stereocenters. The zero-order valence-electron chi connectivity index (χ0n) is 11.3. The van der Waals surface area contributed by atoms with Crippen LogP contribution in [0.5, 0.6) is 23.0 Å². The average Bonchev–Trinajstić information content (AvgIpc) is 2.47. The first kappa shape index (κ1) is 13.8. The Bertz CT molecular complexity index is 807. The Balaban J connectivity index is 2.00. The molecule has 1 aliphatic heterocycles. The predicted molar refractivity (Wildman–Crippen MR) is 76.6 cm³/mol. The van der Waals surface area contributed by atoms with Crippen molar-refractivity contribution in [2.24, 2.45) is 0 Å². The summed E-state index contributed by atoms with van der Waals surface area (Å²) >= 11 is 0. The highest BCUT2D eigenvalue weighted by molar-refractivity contribution is 6.11. The molecule has 0 unspecified atom stereocenters. The molecule has 0 spiro atoms. The van der Waals surface area contributed by atoms with Crippen molar-refractivity contribution < 1.29 is 30.0 Å². The van der Waals surface area contributed by atoms with Gasteiger partial charge in [0.05, 0.1) is 5.56 Å². The topological polar surface area (TPSA) is 107 Å². The van der Waals surface area contributed by atoms with Gasteiger partial charge in [0.2, 0.25) is 5.78 Å². The molecule has 6 nitrogen and oxygen atoms in total. The Labute approximate surface area is 125 Å². The van der Waals surface area contributed by atoms with E-state index < -0.39 is 5.78 Å². The zero-order valence-corrected chi connectivity index (χ0v) is 11.3. The van der Waals surface area contributed by atoms with E-state index in [2.05, 4.69) is 0 Å². The Kier molecular flexibility index (Phi) is 3.14. The maximum atomic E-state index is 12.3. The second-order valence-corrected chi connectivity index (χ2v) is 4.87. The van der Waals surface area contributed by atoms with Gasteiger partial charge in [-0.3, -0.25) is 4.79 Å². The van der Waals surface area contributed by atoms with Crippen LogP contribution < -0.4 is 0 Å². The van der Waals surface area contributed by atoms with Crippen LogP contribution in [0.2, 0.25) is 0 Å². The van der Waals surface area contributed by atoms with E-state index in [1.165, 1.54) is 30.3 Å². The Morgan fingerprint density at radius 1 is 0.955 bits per heavy atom. The van der Waals surface area contributed by atoms with Crippen molar-refractivity contribution in [3.63, 3.8) is 0 Å². The van der Waals surface area contributed by atoms with Crippen LogP contribution in [-0.2, 0) is 11.3 Å². The molecular weight excluding hydrogens is 288 g/mol. The molecule has 6 heteroatoms.